The van der Waals surface area contributed by atoms with Crippen LogP contribution in [-0.4, -0.2) is 52.8 Å². The average Bonchev–Trinajstić information content (AvgIpc) is 3.42. The molecule has 1 aromatic carbocycles. The van der Waals surface area contributed by atoms with Crippen LogP contribution in [0.5, 0.6) is 0 Å². The second-order valence-electron chi connectivity index (χ2n) is 7.87. The zero-order chi connectivity index (χ0) is 22.4. The highest BCUT2D eigenvalue weighted by atomic mass is 32.1. The van der Waals surface area contributed by atoms with Gasteiger partial charge < -0.3 is 21.1 Å². The van der Waals surface area contributed by atoms with E-state index in [9.17, 15) is 14.4 Å². The molecule has 0 radical (unpaired) electrons. The van der Waals surface area contributed by atoms with Crippen LogP contribution in [0.15, 0.2) is 30.3 Å². The second-order valence-corrected chi connectivity index (χ2v) is 8.95. The summed E-state index contributed by atoms with van der Waals surface area (Å²) in [6, 6.07) is 9.55. The molecule has 2 heterocycles. The Kier molecular flexibility index (Phi) is 7.62. The number of primary amides is 1. The standard InChI is InChI=1S/C21H25N3O3S.CH2O2/c22-19(25)16-5-3-11-24(16)21(27)13-7-9-15(10-8-13)23-20(26)18-12-14-4-1-2-6-17(14)28-18;2-1-3/h1-2,4,6,12-13,15-16H,3,5,7-11H2,(H2,22,25)(H,23,26);1H,(H,2,3)/t13?,15?,16-;/m1./s1. The predicted molar refractivity (Wildman–Crippen MR) is 118 cm³/mol. The molecule has 8 nitrogen and oxygen atoms in total. The number of likely N-dealkylation sites (tertiary alicyclic amines) is 1. The lowest BCUT2D eigenvalue weighted by Crippen LogP contribution is -2.47. The number of carbonyl (C=O) groups is 4. The monoisotopic (exact) mass is 445 g/mol. The van der Waals surface area contributed by atoms with Gasteiger partial charge in [0.1, 0.15) is 6.04 Å². The summed E-state index contributed by atoms with van der Waals surface area (Å²) in [5.74, 6) is -0.465. The van der Waals surface area contributed by atoms with E-state index in [0.29, 0.717) is 13.0 Å². The fourth-order valence-electron chi connectivity index (χ4n) is 4.40. The van der Waals surface area contributed by atoms with Gasteiger partial charge in [0.05, 0.1) is 4.88 Å². The van der Waals surface area contributed by atoms with E-state index in [1.54, 1.807) is 4.90 Å². The van der Waals surface area contributed by atoms with Crippen molar-refractivity contribution in [3.63, 3.8) is 0 Å². The maximum Gasteiger partial charge on any atom is 0.290 e. The number of benzene rings is 1. The normalized spacial score (nSPS) is 23.0. The summed E-state index contributed by atoms with van der Waals surface area (Å²) in [4.78, 5) is 47.7. The third-order valence-electron chi connectivity index (χ3n) is 5.93. The van der Waals surface area contributed by atoms with Gasteiger partial charge in [-0.25, -0.2) is 0 Å². The number of nitrogens with one attached hydrogen (secondary N) is 1. The van der Waals surface area contributed by atoms with E-state index in [4.69, 9.17) is 15.6 Å². The van der Waals surface area contributed by atoms with Gasteiger partial charge in [-0.1, -0.05) is 18.2 Å². The molecule has 1 aliphatic heterocycles. The molecule has 2 aromatic rings. The number of hydrogen-bond donors (Lipinski definition) is 3. The first-order chi connectivity index (χ1) is 14.9. The molecule has 0 unspecified atom stereocenters. The molecular weight excluding hydrogens is 418 g/mol. The van der Waals surface area contributed by atoms with Gasteiger partial charge in [-0.2, -0.15) is 0 Å². The number of carboxylic acid groups (broad SMARTS) is 1. The molecule has 1 aromatic heterocycles. The van der Waals surface area contributed by atoms with Gasteiger partial charge in [0.15, 0.2) is 0 Å². The first kappa shape index (κ1) is 22.7. The van der Waals surface area contributed by atoms with Crippen molar-refractivity contribution in [3.8, 4) is 0 Å². The topological polar surface area (TPSA) is 130 Å². The Balaban J connectivity index is 0.000000858. The van der Waals surface area contributed by atoms with E-state index >= 15 is 0 Å². The van der Waals surface area contributed by atoms with Gasteiger partial charge >= 0.3 is 0 Å². The summed E-state index contributed by atoms with van der Waals surface area (Å²) in [5, 5.41) is 11.1. The minimum Gasteiger partial charge on any atom is -0.483 e. The summed E-state index contributed by atoms with van der Waals surface area (Å²) in [6.07, 6.45) is 4.53. The highest BCUT2D eigenvalue weighted by Crippen LogP contribution is 2.30. The number of nitrogens with zero attached hydrogens (tertiary/aromatic N) is 1. The molecule has 4 N–H and O–H groups in total. The summed E-state index contributed by atoms with van der Waals surface area (Å²) in [5.41, 5.74) is 5.44. The van der Waals surface area contributed by atoms with Crippen molar-refractivity contribution in [2.24, 2.45) is 11.7 Å². The molecule has 2 aliphatic rings. The van der Waals surface area contributed by atoms with E-state index in [-0.39, 0.29) is 30.2 Å². The first-order valence-electron chi connectivity index (χ1n) is 10.4. The van der Waals surface area contributed by atoms with Crippen molar-refractivity contribution in [2.45, 2.75) is 50.6 Å². The first-order valence-corrected chi connectivity index (χ1v) is 11.2. The molecule has 166 valence electrons. The van der Waals surface area contributed by atoms with Gasteiger partial charge in [0.25, 0.3) is 12.4 Å². The third kappa shape index (κ3) is 5.41. The van der Waals surface area contributed by atoms with Crippen LogP contribution in [0.25, 0.3) is 10.1 Å². The number of nitrogens with two attached hydrogens (primary N) is 1. The minimum atomic E-state index is -0.446. The summed E-state index contributed by atoms with van der Waals surface area (Å²) in [7, 11) is 0. The molecule has 3 amide bonds. The van der Waals surface area contributed by atoms with Crippen LogP contribution in [0.1, 0.15) is 48.2 Å². The van der Waals surface area contributed by atoms with Crippen molar-refractivity contribution in [2.75, 3.05) is 6.54 Å². The maximum absolute atomic E-state index is 12.8. The van der Waals surface area contributed by atoms with Gasteiger partial charge in [-0.3, -0.25) is 19.2 Å². The van der Waals surface area contributed by atoms with Crippen LogP contribution in [0, 0.1) is 5.92 Å². The molecule has 9 heteroatoms. The second kappa shape index (κ2) is 10.4. The molecule has 4 rings (SSSR count). The van der Waals surface area contributed by atoms with Crippen LogP contribution in [0.4, 0.5) is 0 Å². The Morgan fingerprint density at radius 3 is 2.45 bits per heavy atom. The summed E-state index contributed by atoms with van der Waals surface area (Å²) in [6.45, 7) is 0.370. The van der Waals surface area contributed by atoms with Crippen LogP contribution in [0.3, 0.4) is 0 Å². The summed E-state index contributed by atoms with van der Waals surface area (Å²) >= 11 is 1.50. The Morgan fingerprint density at radius 1 is 1.13 bits per heavy atom. The Labute approximate surface area is 184 Å². The molecule has 2 fully saturated rings. The smallest absolute Gasteiger partial charge is 0.290 e. The molecule has 31 heavy (non-hydrogen) atoms. The van der Waals surface area contributed by atoms with Crippen molar-refractivity contribution in [3.05, 3.63) is 35.2 Å². The molecular formula is C22H27N3O5S. The molecule has 1 aliphatic carbocycles. The van der Waals surface area contributed by atoms with Crippen molar-refractivity contribution < 1.29 is 24.3 Å². The molecule has 0 spiro atoms. The highest BCUT2D eigenvalue weighted by Gasteiger charge is 2.37. The number of thiophene rings is 1. The maximum atomic E-state index is 12.8. The number of fused-ring (bicyclic) bond motifs is 1. The lowest BCUT2D eigenvalue weighted by atomic mass is 9.85. The Bertz CT molecular complexity index is 919. The van der Waals surface area contributed by atoms with E-state index < -0.39 is 11.9 Å². The Morgan fingerprint density at radius 2 is 1.81 bits per heavy atom. The molecule has 1 atom stereocenters. The van der Waals surface area contributed by atoms with Crippen LogP contribution >= 0.6 is 11.3 Å². The fourth-order valence-corrected chi connectivity index (χ4v) is 5.36. The molecule has 0 bridgehead atoms. The lowest BCUT2D eigenvalue weighted by molar-refractivity contribution is -0.141. The van der Waals surface area contributed by atoms with E-state index in [1.807, 2.05) is 30.3 Å². The lowest BCUT2D eigenvalue weighted by Gasteiger charge is -2.32. The van der Waals surface area contributed by atoms with Gasteiger partial charge in [0, 0.05) is 23.2 Å². The number of carbonyl (C=O) groups excluding carboxylic acids is 3. The molecule has 1 saturated carbocycles. The van der Waals surface area contributed by atoms with Crippen LogP contribution in [0.2, 0.25) is 0 Å². The van der Waals surface area contributed by atoms with Gasteiger partial charge in [-0.05, 0) is 56.0 Å². The number of rotatable bonds is 4. The number of amides is 3. The minimum absolute atomic E-state index is 0.0377. The van der Waals surface area contributed by atoms with E-state index in [1.165, 1.54) is 11.3 Å². The van der Waals surface area contributed by atoms with Gasteiger partial charge in [-0.15, -0.1) is 11.3 Å². The van der Waals surface area contributed by atoms with Crippen molar-refractivity contribution in [1.82, 2.24) is 10.2 Å². The quantitative estimate of drug-likeness (QED) is 0.622. The highest BCUT2D eigenvalue weighted by molar-refractivity contribution is 7.20. The zero-order valence-electron chi connectivity index (χ0n) is 17.2. The fraction of sp³-hybridized carbons (Fsp3) is 0.455. The van der Waals surface area contributed by atoms with Gasteiger partial charge in [0.2, 0.25) is 11.8 Å². The number of hydrogen-bond acceptors (Lipinski definition) is 5. The van der Waals surface area contributed by atoms with Crippen molar-refractivity contribution >= 4 is 45.6 Å². The molecule has 1 saturated heterocycles. The van der Waals surface area contributed by atoms with Crippen molar-refractivity contribution in [1.29, 1.82) is 0 Å². The average molecular weight is 446 g/mol. The SMILES string of the molecule is NC(=O)[C@H]1CCCN1C(=O)C1CCC(NC(=O)c2cc3ccccc3s2)CC1.O=CO. The van der Waals surface area contributed by atoms with Crippen LogP contribution < -0.4 is 11.1 Å². The third-order valence-corrected chi connectivity index (χ3v) is 7.04. The Hall–Kier alpha value is -2.94. The predicted octanol–water partition coefficient (Wildman–Crippen LogP) is 2.37. The van der Waals surface area contributed by atoms with E-state index in [0.717, 1.165) is 47.1 Å². The zero-order valence-corrected chi connectivity index (χ0v) is 18.0. The van der Waals surface area contributed by atoms with Crippen LogP contribution in [-0.2, 0) is 14.4 Å². The summed E-state index contributed by atoms with van der Waals surface area (Å²) < 4.78 is 1.11. The largest absolute Gasteiger partial charge is 0.483 e. The van der Waals surface area contributed by atoms with E-state index in [2.05, 4.69) is 5.32 Å².